The van der Waals surface area contributed by atoms with Gasteiger partial charge in [0.25, 0.3) is 5.91 Å². The number of nitrogens with one attached hydrogen (secondary N) is 1. The molecule has 2 aliphatic rings. The first-order valence-corrected chi connectivity index (χ1v) is 14.3. The van der Waals surface area contributed by atoms with Gasteiger partial charge in [-0.2, -0.15) is 18.3 Å². The molecule has 1 N–H and O–H groups in total. The molecule has 0 spiro atoms. The van der Waals surface area contributed by atoms with Crippen molar-refractivity contribution < 1.29 is 32.2 Å². The Kier molecular flexibility index (Phi) is 9.55. The fourth-order valence-corrected chi connectivity index (χ4v) is 5.36. The molecule has 3 aromatic rings. The van der Waals surface area contributed by atoms with E-state index in [2.05, 4.69) is 10.2 Å². The maximum atomic E-state index is 14.0. The lowest BCUT2D eigenvalue weighted by molar-refractivity contribution is -0.137. The van der Waals surface area contributed by atoms with Crippen LogP contribution < -0.4 is 10.1 Å². The highest BCUT2D eigenvalue weighted by Gasteiger charge is 2.36. The molecule has 1 saturated heterocycles. The first-order valence-electron chi connectivity index (χ1n) is 14.3. The number of rotatable bonds is 9. The van der Waals surface area contributed by atoms with Crippen molar-refractivity contribution in [2.75, 3.05) is 58.4 Å². The number of carbonyl (C=O) groups is 2. The summed E-state index contributed by atoms with van der Waals surface area (Å²) in [5.41, 5.74) is 1.73. The van der Waals surface area contributed by atoms with Crippen LogP contribution in [0.15, 0.2) is 72.0 Å². The number of halogens is 3. The second-order valence-corrected chi connectivity index (χ2v) is 10.6. The molecule has 234 valence electrons. The third-order valence-electron chi connectivity index (χ3n) is 7.77. The number of anilines is 1. The van der Waals surface area contributed by atoms with E-state index in [9.17, 15) is 22.8 Å². The van der Waals surface area contributed by atoms with Crippen LogP contribution in [0.3, 0.4) is 0 Å². The topological polar surface area (TPSA) is 91.6 Å². The average molecular weight is 613 g/mol. The summed E-state index contributed by atoms with van der Waals surface area (Å²) in [5, 5.41) is 8.80. The molecule has 3 amide bonds. The van der Waals surface area contributed by atoms with Gasteiger partial charge in [-0.15, -0.1) is 0 Å². The van der Waals surface area contributed by atoms with Crippen molar-refractivity contribution in [3.05, 3.63) is 83.7 Å². The smallest absolute Gasteiger partial charge is 0.416 e. The number of nitrogens with zero attached hydrogens (tertiary/aromatic N) is 5. The van der Waals surface area contributed by atoms with E-state index in [-0.39, 0.29) is 18.8 Å². The molecule has 2 aromatic carbocycles. The summed E-state index contributed by atoms with van der Waals surface area (Å²) in [6, 6.07) is 14.4. The van der Waals surface area contributed by atoms with Crippen LogP contribution >= 0.6 is 0 Å². The molecule has 2 aliphatic heterocycles. The molecule has 1 atom stereocenters. The number of ether oxygens (including phenoxy) is 2. The number of alkyl halides is 3. The molecule has 1 unspecified atom stereocenters. The van der Waals surface area contributed by atoms with Crippen molar-refractivity contribution in [1.29, 1.82) is 0 Å². The maximum Gasteiger partial charge on any atom is 0.416 e. The Balaban J connectivity index is 1.39. The van der Waals surface area contributed by atoms with E-state index in [1.807, 2.05) is 54.2 Å². The zero-order chi connectivity index (χ0) is 31.3. The number of aromatic nitrogens is 1. The van der Waals surface area contributed by atoms with Gasteiger partial charge in [0.15, 0.2) is 0 Å². The van der Waals surface area contributed by atoms with E-state index in [0.717, 1.165) is 29.1 Å². The van der Waals surface area contributed by atoms with Gasteiger partial charge in [-0.25, -0.2) is 9.80 Å². The largest absolute Gasteiger partial charge is 0.496 e. The Morgan fingerprint density at radius 3 is 2.45 bits per heavy atom. The number of aryl methyl sites for hydroxylation is 1. The second kappa shape index (κ2) is 13.5. The van der Waals surface area contributed by atoms with Gasteiger partial charge in [0, 0.05) is 57.1 Å². The molecule has 0 saturated carbocycles. The predicted octanol–water partition coefficient (Wildman–Crippen LogP) is 4.60. The molecular weight excluding hydrogens is 577 g/mol. The molecule has 5 rings (SSSR count). The molecule has 10 nitrogen and oxygen atoms in total. The number of methoxy groups -OCH3 is 1. The van der Waals surface area contributed by atoms with Gasteiger partial charge < -0.3 is 24.3 Å². The van der Waals surface area contributed by atoms with Crippen molar-refractivity contribution in [2.45, 2.75) is 18.6 Å². The number of urea groups is 1. The SMILES string of the molecule is COc1ccccc1C1CC(c2cccn2C)=NN1C(=O)CN(CCN1CCOCC1)C(=O)Nc1ccc(C(F)(F)F)cc1. The lowest BCUT2D eigenvalue weighted by Gasteiger charge is -2.31. The van der Waals surface area contributed by atoms with E-state index >= 15 is 0 Å². The number of amides is 3. The van der Waals surface area contributed by atoms with Crippen molar-refractivity contribution in [2.24, 2.45) is 12.1 Å². The molecule has 1 fully saturated rings. The minimum Gasteiger partial charge on any atom is -0.496 e. The van der Waals surface area contributed by atoms with Gasteiger partial charge in [0.2, 0.25) is 0 Å². The summed E-state index contributed by atoms with van der Waals surface area (Å²) in [4.78, 5) is 31.0. The van der Waals surface area contributed by atoms with Crippen LogP contribution in [-0.4, -0.2) is 90.1 Å². The molecule has 1 aromatic heterocycles. The summed E-state index contributed by atoms with van der Waals surface area (Å²) in [7, 11) is 3.47. The van der Waals surface area contributed by atoms with Crippen LogP contribution in [0, 0.1) is 0 Å². The van der Waals surface area contributed by atoms with Crippen LogP contribution in [0.1, 0.15) is 29.3 Å². The van der Waals surface area contributed by atoms with Crippen molar-refractivity contribution in [3.8, 4) is 5.75 Å². The monoisotopic (exact) mass is 612 g/mol. The zero-order valence-electron chi connectivity index (χ0n) is 24.6. The van der Waals surface area contributed by atoms with Crippen molar-refractivity contribution in [3.63, 3.8) is 0 Å². The van der Waals surface area contributed by atoms with Gasteiger partial charge in [0.1, 0.15) is 12.3 Å². The Morgan fingerprint density at radius 2 is 1.80 bits per heavy atom. The maximum absolute atomic E-state index is 14.0. The molecule has 0 radical (unpaired) electrons. The first kappa shape index (κ1) is 31.1. The highest BCUT2D eigenvalue weighted by atomic mass is 19.4. The Labute approximate surface area is 253 Å². The Morgan fingerprint density at radius 1 is 1.07 bits per heavy atom. The van der Waals surface area contributed by atoms with Gasteiger partial charge >= 0.3 is 12.2 Å². The zero-order valence-corrected chi connectivity index (χ0v) is 24.6. The van der Waals surface area contributed by atoms with Gasteiger partial charge in [-0.05, 0) is 42.5 Å². The van der Waals surface area contributed by atoms with E-state index in [0.29, 0.717) is 45.0 Å². The highest BCUT2D eigenvalue weighted by molar-refractivity contribution is 6.02. The van der Waals surface area contributed by atoms with Gasteiger partial charge in [-0.1, -0.05) is 18.2 Å². The second-order valence-electron chi connectivity index (χ2n) is 10.6. The first-order chi connectivity index (χ1) is 21.1. The normalized spacial score (nSPS) is 17.3. The number of hydrogen-bond acceptors (Lipinski definition) is 6. The summed E-state index contributed by atoms with van der Waals surface area (Å²) in [5.74, 6) is 0.206. The number of hydrazone groups is 1. The summed E-state index contributed by atoms with van der Waals surface area (Å²) in [6.45, 7) is 2.92. The average Bonchev–Trinajstić information content (AvgIpc) is 3.65. The number of benzene rings is 2. The van der Waals surface area contributed by atoms with E-state index in [4.69, 9.17) is 14.6 Å². The number of carbonyl (C=O) groups excluding carboxylic acids is 2. The lowest BCUT2D eigenvalue weighted by atomic mass is 9.99. The van der Waals surface area contributed by atoms with Gasteiger partial charge in [-0.3, -0.25) is 9.69 Å². The van der Waals surface area contributed by atoms with Crippen LogP contribution in [0.4, 0.5) is 23.7 Å². The summed E-state index contributed by atoms with van der Waals surface area (Å²) in [6.07, 6.45) is -2.15. The number of morpholine rings is 1. The highest BCUT2D eigenvalue weighted by Crippen LogP contribution is 2.37. The number of para-hydroxylation sites is 1. The quantitative estimate of drug-likeness (QED) is 0.382. The van der Waals surface area contributed by atoms with Crippen LogP contribution in [0.25, 0.3) is 0 Å². The van der Waals surface area contributed by atoms with E-state index in [1.165, 1.54) is 22.0 Å². The molecule has 13 heteroatoms. The van der Waals surface area contributed by atoms with Crippen LogP contribution in [-0.2, 0) is 22.8 Å². The Hall–Kier alpha value is -4.36. The summed E-state index contributed by atoms with van der Waals surface area (Å²) >= 11 is 0. The molecule has 0 bridgehead atoms. The third-order valence-corrected chi connectivity index (χ3v) is 7.77. The standard InChI is InChI=1S/C31H35F3N6O4/c1-37-13-5-7-26(37)25-20-27(24-6-3-4-8-28(24)43-2)40(36-25)29(41)21-39(15-14-38-16-18-44-19-17-38)30(42)35-23-11-9-22(10-12-23)31(32,33)34/h3-13,27H,14-21H2,1-2H3,(H,35,42). The summed E-state index contributed by atoms with van der Waals surface area (Å²) < 4.78 is 52.1. The fourth-order valence-electron chi connectivity index (χ4n) is 5.36. The predicted molar refractivity (Wildman–Crippen MR) is 158 cm³/mol. The lowest BCUT2D eigenvalue weighted by Crippen LogP contribution is -2.47. The molecule has 0 aliphatic carbocycles. The minimum atomic E-state index is -4.49. The van der Waals surface area contributed by atoms with E-state index in [1.54, 1.807) is 7.11 Å². The number of hydrogen-bond donors (Lipinski definition) is 1. The molecule has 44 heavy (non-hydrogen) atoms. The van der Waals surface area contributed by atoms with E-state index < -0.39 is 29.7 Å². The van der Waals surface area contributed by atoms with Crippen LogP contribution in [0.5, 0.6) is 5.75 Å². The fraction of sp³-hybridized carbons (Fsp3) is 0.387. The van der Waals surface area contributed by atoms with Crippen molar-refractivity contribution in [1.82, 2.24) is 19.4 Å². The van der Waals surface area contributed by atoms with Crippen LogP contribution in [0.2, 0.25) is 0 Å². The molecule has 3 heterocycles. The Bertz CT molecular complexity index is 1480. The van der Waals surface area contributed by atoms with Gasteiger partial charge in [0.05, 0.1) is 43.3 Å². The third kappa shape index (κ3) is 7.22. The van der Waals surface area contributed by atoms with Crippen molar-refractivity contribution >= 4 is 23.3 Å². The molecular formula is C31H35F3N6O4. The minimum absolute atomic E-state index is 0.184.